The molecule has 0 aliphatic carbocycles. The van der Waals surface area contributed by atoms with Crippen molar-refractivity contribution in [3.8, 4) is 11.5 Å². The van der Waals surface area contributed by atoms with Crippen molar-refractivity contribution in [1.29, 1.82) is 0 Å². The lowest BCUT2D eigenvalue weighted by Gasteiger charge is -2.11. The Balaban J connectivity index is 1.63. The van der Waals surface area contributed by atoms with E-state index in [9.17, 15) is 14.9 Å². The molecule has 0 saturated carbocycles. The van der Waals surface area contributed by atoms with Crippen LogP contribution in [0.15, 0.2) is 63.5 Å². The number of nitro groups is 1. The summed E-state index contributed by atoms with van der Waals surface area (Å²) < 4.78 is 18.2. The van der Waals surface area contributed by atoms with Crippen LogP contribution in [0.2, 0.25) is 0 Å². The van der Waals surface area contributed by atoms with Gasteiger partial charge in [-0.05, 0) is 61.5 Å². The fourth-order valence-electron chi connectivity index (χ4n) is 3.19. The number of carbonyl (C=O) groups excluding carboxylic acids is 1. The minimum Gasteiger partial charge on any atom is -0.490 e. The molecular formula is C23H21N5O6S. The first kappa shape index (κ1) is 24.0. The zero-order valence-corrected chi connectivity index (χ0v) is 19.9. The minimum atomic E-state index is -0.660. The van der Waals surface area contributed by atoms with Gasteiger partial charge in [-0.3, -0.25) is 10.1 Å². The first-order valence-electron chi connectivity index (χ1n) is 10.6. The molecule has 35 heavy (non-hydrogen) atoms. The number of aliphatic imine (C=N–C) groups is 1. The van der Waals surface area contributed by atoms with Crippen LogP contribution in [-0.2, 0) is 16.6 Å². The predicted octanol–water partition coefficient (Wildman–Crippen LogP) is 4.02. The van der Waals surface area contributed by atoms with Crippen molar-refractivity contribution in [2.75, 3.05) is 13.2 Å². The smallest absolute Gasteiger partial charge is 0.363 e. The fraction of sp³-hybridized carbons (Fsp3) is 0.217. The van der Waals surface area contributed by atoms with Crippen LogP contribution in [0.1, 0.15) is 25.0 Å². The van der Waals surface area contributed by atoms with Gasteiger partial charge in [-0.15, -0.1) is 10.2 Å². The molecule has 0 atom stereocenters. The highest BCUT2D eigenvalue weighted by molar-refractivity contribution is 7.99. The van der Waals surface area contributed by atoms with Crippen LogP contribution in [0, 0.1) is 10.1 Å². The van der Waals surface area contributed by atoms with E-state index in [0.717, 1.165) is 11.8 Å². The Labute approximate surface area is 204 Å². The molecule has 2 aromatic carbocycles. The molecule has 0 bridgehead atoms. The van der Waals surface area contributed by atoms with Gasteiger partial charge in [0.2, 0.25) is 5.90 Å². The lowest BCUT2D eigenvalue weighted by atomic mass is 10.1. The third kappa shape index (κ3) is 5.32. The number of cyclic esters (lactones) is 1. The van der Waals surface area contributed by atoms with E-state index in [1.54, 1.807) is 41.9 Å². The minimum absolute atomic E-state index is 0.0230. The second kappa shape index (κ2) is 10.4. The van der Waals surface area contributed by atoms with E-state index in [-0.39, 0.29) is 17.3 Å². The summed E-state index contributed by atoms with van der Waals surface area (Å²) >= 11 is 1.12. The molecule has 2 heterocycles. The van der Waals surface area contributed by atoms with Gasteiger partial charge in [0.15, 0.2) is 22.4 Å². The molecular weight excluding hydrogens is 474 g/mol. The van der Waals surface area contributed by atoms with Crippen molar-refractivity contribution in [3.05, 3.63) is 69.7 Å². The van der Waals surface area contributed by atoms with E-state index in [1.807, 2.05) is 13.8 Å². The van der Waals surface area contributed by atoms with Crippen LogP contribution in [0.4, 0.5) is 5.69 Å². The molecule has 0 saturated heterocycles. The SMILES string of the molecule is CCOc1ccc(C2=N/C(=C\c3ccc(Sc4nncn4C)c([N+](=O)[O-])c3)C(=O)O2)cc1OCC. The molecule has 11 nitrogen and oxygen atoms in total. The summed E-state index contributed by atoms with van der Waals surface area (Å²) in [6.45, 7) is 4.64. The van der Waals surface area contributed by atoms with Gasteiger partial charge in [0.25, 0.3) is 5.69 Å². The van der Waals surface area contributed by atoms with Crippen molar-refractivity contribution in [2.24, 2.45) is 12.0 Å². The number of nitrogens with zero attached hydrogens (tertiary/aromatic N) is 5. The number of carbonyl (C=O) groups is 1. The number of benzene rings is 2. The van der Waals surface area contributed by atoms with Crippen molar-refractivity contribution in [1.82, 2.24) is 14.8 Å². The standard InChI is InChI=1S/C23H21N5O6S/c1-4-32-18-8-7-15(12-19(18)33-5-2)21-25-16(22(29)34-21)10-14-6-9-20(17(11-14)28(30)31)35-23-26-24-13-27(23)3/h6-13H,4-5H2,1-3H3/b16-10-. The zero-order valence-electron chi connectivity index (χ0n) is 19.1. The second-order valence-corrected chi connectivity index (χ2v) is 8.18. The largest absolute Gasteiger partial charge is 0.490 e. The molecule has 0 spiro atoms. The van der Waals surface area contributed by atoms with E-state index < -0.39 is 10.9 Å². The van der Waals surface area contributed by atoms with Crippen LogP contribution in [0.25, 0.3) is 6.08 Å². The monoisotopic (exact) mass is 495 g/mol. The summed E-state index contributed by atoms with van der Waals surface area (Å²) in [6.07, 6.45) is 2.95. The summed E-state index contributed by atoms with van der Waals surface area (Å²) in [5.41, 5.74) is 0.860. The fourth-order valence-corrected chi connectivity index (χ4v) is 4.04. The summed E-state index contributed by atoms with van der Waals surface area (Å²) in [4.78, 5) is 28.3. The van der Waals surface area contributed by atoms with Gasteiger partial charge in [0.05, 0.1) is 23.0 Å². The summed E-state index contributed by atoms with van der Waals surface area (Å²) in [6, 6.07) is 9.74. The molecule has 1 aliphatic rings. The number of rotatable bonds is 9. The molecule has 3 aromatic rings. The van der Waals surface area contributed by atoms with Gasteiger partial charge in [-0.25, -0.2) is 9.79 Å². The van der Waals surface area contributed by atoms with E-state index in [4.69, 9.17) is 14.2 Å². The molecule has 0 unspecified atom stereocenters. The predicted molar refractivity (Wildman–Crippen MR) is 128 cm³/mol. The van der Waals surface area contributed by atoms with Crippen molar-refractivity contribution in [3.63, 3.8) is 0 Å². The molecule has 180 valence electrons. The highest BCUT2D eigenvalue weighted by atomic mass is 32.2. The number of hydrogen-bond acceptors (Lipinski definition) is 10. The van der Waals surface area contributed by atoms with Gasteiger partial charge in [-0.2, -0.15) is 0 Å². The Hall–Kier alpha value is -4.19. The van der Waals surface area contributed by atoms with E-state index >= 15 is 0 Å². The van der Waals surface area contributed by atoms with Gasteiger partial charge < -0.3 is 18.8 Å². The number of ether oxygens (including phenoxy) is 3. The number of aromatic nitrogens is 3. The summed E-state index contributed by atoms with van der Waals surface area (Å²) in [5, 5.41) is 19.9. The van der Waals surface area contributed by atoms with Crippen LogP contribution in [-0.4, -0.2) is 44.8 Å². The van der Waals surface area contributed by atoms with E-state index in [1.165, 1.54) is 18.5 Å². The highest BCUT2D eigenvalue weighted by Crippen LogP contribution is 2.35. The average molecular weight is 496 g/mol. The summed E-state index contributed by atoms with van der Waals surface area (Å²) in [7, 11) is 1.75. The Morgan fingerprint density at radius 2 is 1.91 bits per heavy atom. The molecule has 0 fully saturated rings. The number of aryl methyl sites for hydroxylation is 1. The van der Waals surface area contributed by atoms with Crippen LogP contribution >= 0.6 is 11.8 Å². The number of esters is 1. The van der Waals surface area contributed by atoms with Gasteiger partial charge in [0, 0.05) is 18.7 Å². The highest BCUT2D eigenvalue weighted by Gasteiger charge is 2.26. The van der Waals surface area contributed by atoms with Crippen LogP contribution in [0.3, 0.4) is 0 Å². The van der Waals surface area contributed by atoms with Crippen molar-refractivity contribution in [2.45, 2.75) is 23.9 Å². The normalized spacial score (nSPS) is 14.1. The Morgan fingerprint density at radius 1 is 1.14 bits per heavy atom. The lowest BCUT2D eigenvalue weighted by Crippen LogP contribution is -2.06. The Kier molecular flexibility index (Phi) is 7.11. The Bertz CT molecular complexity index is 1350. The van der Waals surface area contributed by atoms with E-state index in [2.05, 4.69) is 15.2 Å². The molecule has 0 amide bonds. The molecule has 4 rings (SSSR count). The molecule has 1 aliphatic heterocycles. The maximum atomic E-state index is 12.5. The maximum Gasteiger partial charge on any atom is 0.363 e. The summed E-state index contributed by atoms with van der Waals surface area (Å²) in [5.74, 6) is 0.529. The van der Waals surface area contributed by atoms with Crippen LogP contribution in [0.5, 0.6) is 11.5 Å². The third-order valence-corrected chi connectivity index (χ3v) is 5.88. The number of hydrogen-bond donors (Lipinski definition) is 0. The van der Waals surface area contributed by atoms with Gasteiger partial charge in [-0.1, -0.05) is 6.07 Å². The zero-order chi connectivity index (χ0) is 24.9. The first-order valence-corrected chi connectivity index (χ1v) is 11.4. The number of nitro benzene ring substituents is 1. The maximum absolute atomic E-state index is 12.5. The second-order valence-electron chi connectivity index (χ2n) is 7.17. The molecule has 0 N–H and O–H groups in total. The first-order chi connectivity index (χ1) is 16.9. The Morgan fingerprint density at radius 3 is 2.60 bits per heavy atom. The molecule has 12 heteroatoms. The average Bonchev–Trinajstić information content (AvgIpc) is 3.41. The van der Waals surface area contributed by atoms with E-state index in [0.29, 0.717) is 45.9 Å². The lowest BCUT2D eigenvalue weighted by molar-refractivity contribution is -0.387. The quantitative estimate of drug-likeness (QED) is 0.187. The van der Waals surface area contributed by atoms with Gasteiger partial charge >= 0.3 is 5.97 Å². The van der Waals surface area contributed by atoms with Crippen LogP contribution < -0.4 is 9.47 Å². The van der Waals surface area contributed by atoms with Gasteiger partial charge in [0.1, 0.15) is 6.33 Å². The van der Waals surface area contributed by atoms with Crippen molar-refractivity contribution < 1.29 is 23.9 Å². The third-order valence-electron chi connectivity index (χ3n) is 4.77. The van der Waals surface area contributed by atoms with Crippen molar-refractivity contribution >= 4 is 35.4 Å². The molecule has 0 radical (unpaired) electrons. The molecule has 1 aromatic heterocycles. The topological polar surface area (TPSA) is 131 Å².